The van der Waals surface area contributed by atoms with Crippen LogP contribution in [0.2, 0.25) is 0 Å². The smallest absolute Gasteiger partial charge is 0.210 e. The van der Waals surface area contributed by atoms with E-state index in [1.807, 2.05) is 53.4 Å². The number of phenols is 1. The Kier molecular flexibility index (Phi) is 4.77. The van der Waals surface area contributed by atoms with Crippen LogP contribution in [0.15, 0.2) is 64.1 Å². The quantitative estimate of drug-likeness (QED) is 0.585. The van der Waals surface area contributed by atoms with Gasteiger partial charge in [-0.05, 0) is 29.8 Å². The van der Waals surface area contributed by atoms with Crippen LogP contribution in [-0.4, -0.2) is 23.0 Å². The molecule has 0 fully saturated rings. The lowest BCUT2D eigenvalue weighted by molar-refractivity contribution is 0.415. The van der Waals surface area contributed by atoms with Gasteiger partial charge in [-0.25, -0.2) is 0 Å². The van der Waals surface area contributed by atoms with Gasteiger partial charge in [-0.15, -0.1) is 16.4 Å². The second-order valence-corrected chi connectivity index (χ2v) is 5.97. The summed E-state index contributed by atoms with van der Waals surface area (Å²) >= 11 is 1.50. The van der Waals surface area contributed by atoms with Crippen LogP contribution in [0.3, 0.4) is 0 Å². The Morgan fingerprint density at radius 1 is 1.17 bits per heavy atom. The molecule has 1 heterocycles. The lowest BCUT2D eigenvalue weighted by Crippen LogP contribution is -2.10. The van der Waals surface area contributed by atoms with Gasteiger partial charge in [-0.3, -0.25) is 0 Å². The summed E-state index contributed by atoms with van der Waals surface area (Å²) in [4.78, 5) is 0.771. The van der Waals surface area contributed by atoms with E-state index in [0.717, 1.165) is 27.4 Å². The molecule has 24 heavy (non-hydrogen) atoms. The van der Waals surface area contributed by atoms with Crippen LogP contribution >= 0.6 is 11.3 Å². The van der Waals surface area contributed by atoms with E-state index in [2.05, 4.69) is 10.2 Å². The second kappa shape index (κ2) is 7.14. The predicted molar refractivity (Wildman–Crippen MR) is 96.5 cm³/mol. The minimum atomic E-state index is 0.244. The van der Waals surface area contributed by atoms with Gasteiger partial charge in [0.1, 0.15) is 11.5 Å². The summed E-state index contributed by atoms with van der Waals surface area (Å²) in [6, 6.07) is 14.8. The highest BCUT2D eigenvalue weighted by molar-refractivity contribution is 7.07. The maximum absolute atomic E-state index is 9.62. The van der Waals surface area contributed by atoms with Crippen molar-refractivity contribution in [2.24, 2.45) is 17.3 Å². The zero-order chi connectivity index (χ0) is 16.9. The number of ether oxygens (including phenoxy) is 1. The lowest BCUT2D eigenvalue weighted by atomic mass is 10.1. The lowest BCUT2D eigenvalue weighted by Gasteiger charge is -2.02. The molecule has 3 rings (SSSR count). The van der Waals surface area contributed by atoms with Crippen LogP contribution in [0.25, 0.3) is 11.3 Å². The molecule has 5 nitrogen and oxygen atoms in total. The molecule has 122 valence electrons. The number of benzene rings is 2. The molecule has 0 saturated carbocycles. The number of rotatable bonds is 4. The molecule has 0 unspecified atom stereocenters. The number of aromatic nitrogens is 1. The van der Waals surface area contributed by atoms with E-state index in [0.29, 0.717) is 0 Å². The van der Waals surface area contributed by atoms with Crippen molar-refractivity contribution < 1.29 is 9.84 Å². The van der Waals surface area contributed by atoms with E-state index in [9.17, 15) is 5.11 Å². The Hall–Kier alpha value is -2.86. The molecule has 1 aromatic heterocycles. The van der Waals surface area contributed by atoms with Crippen molar-refractivity contribution in [2.75, 3.05) is 7.11 Å². The summed E-state index contributed by atoms with van der Waals surface area (Å²) in [6.45, 7) is 0. The van der Waals surface area contributed by atoms with Gasteiger partial charge in [-0.1, -0.05) is 24.3 Å². The number of thiazole rings is 1. The van der Waals surface area contributed by atoms with Crippen LogP contribution in [-0.2, 0) is 7.05 Å². The highest BCUT2D eigenvalue weighted by atomic mass is 32.1. The van der Waals surface area contributed by atoms with Crippen molar-refractivity contribution in [3.8, 4) is 22.8 Å². The van der Waals surface area contributed by atoms with Crippen LogP contribution in [0, 0.1) is 0 Å². The van der Waals surface area contributed by atoms with Gasteiger partial charge in [0.15, 0.2) is 0 Å². The van der Waals surface area contributed by atoms with Crippen molar-refractivity contribution in [3.63, 3.8) is 0 Å². The van der Waals surface area contributed by atoms with Gasteiger partial charge < -0.3 is 14.4 Å². The molecule has 6 heteroatoms. The summed E-state index contributed by atoms with van der Waals surface area (Å²) in [5, 5.41) is 20.0. The first-order valence-corrected chi connectivity index (χ1v) is 8.20. The summed E-state index contributed by atoms with van der Waals surface area (Å²) in [7, 11) is 3.56. The summed E-state index contributed by atoms with van der Waals surface area (Å²) in [6.07, 6.45) is 1.69. The third kappa shape index (κ3) is 3.55. The van der Waals surface area contributed by atoms with Crippen molar-refractivity contribution >= 4 is 17.6 Å². The monoisotopic (exact) mass is 339 g/mol. The Labute approximate surface area is 143 Å². The van der Waals surface area contributed by atoms with Gasteiger partial charge in [0.05, 0.1) is 19.0 Å². The molecule has 0 atom stereocenters. The Balaban J connectivity index is 1.87. The van der Waals surface area contributed by atoms with Crippen molar-refractivity contribution in [1.29, 1.82) is 0 Å². The highest BCUT2D eigenvalue weighted by Gasteiger charge is 2.05. The van der Waals surface area contributed by atoms with E-state index in [-0.39, 0.29) is 5.75 Å². The molecule has 3 aromatic rings. The molecule has 0 aliphatic carbocycles. The first-order chi connectivity index (χ1) is 11.7. The Morgan fingerprint density at radius 2 is 2.00 bits per heavy atom. The van der Waals surface area contributed by atoms with Gasteiger partial charge in [0.25, 0.3) is 0 Å². The largest absolute Gasteiger partial charge is 0.508 e. The zero-order valence-corrected chi connectivity index (χ0v) is 14.2. The number of hydrogen-bond donors (Lipinski definition) is 1. The fraction of sp³-hybridized carbons (Fsp3) is 0.111. The molecule has 0 radical (unpaired) electrons. The van der Waals surface area contributed by atoms with E-state index in [4.69, 9.17) is 4.74 Å². The number of aromatic hydroxyl groups is 1. The maximum Gasteiger partial charge on any atom is 0.210 e. The zero-order valence-electron chi connectivity index (χ0n) is 13.4. The number of hydrogen-bond acceptors (Lipinski definition) is 5. The first-order valence-electron chi connectivity index (χ1n) is 7.32. The van der Waals surface area contributed by atoms with Crippen LogP contribution in [0.4, 0.5) is 0 Å². The SMILES string of the molecule is COc1cccc(C=NN=c2scc(-c3cccc(O)c3)n2C)c1. The van der Waals surface area contributed by atoms with E-state index in [1.54, 1.807) is 25.5 Å². The number of methoxy groups -OCH3 is 1. The standard InChI is InChI=1S/C18H17N3O2S/c1-21-17(14-6-4-7-15(22)10-14)12-24-18(21)20-19-11-13-5-3-8-16(9-13)23-2/h3-12,22H,1-2H3. The molecule has 0 aliphatic rings. The highest BCUT2D eigenvalue weighted by Crippen LogP contribution is 2.22. The normalized spacial score (nSPS) is 12.0. The minimum Gasteiger partial charge on any atom is -0.508 e. The summed E-state index contributed by atoms with van der Waals surface area (Å²) in [5.74, 6) is 1.03. The summed E-state index contributed by atoms with van der Waals surface area (Å²) < 4.78 is 7.13. The third-order valence-corrected chi connectivity index (χ3v) is 4.42. The molecule has 0 saturated heterocycles. The van der Waals surface area contributed by atoms with Gasteiger partial charge in [0, 0.05) is 18.0 Å². The Bertz CT molecular complexity index is 941. The first kappa shape index (κ1) is 16.0. The number of nitrogens with zero attached hydrogens (tertiary/aromatic N) is 3. The van der Waals surface area contributed by atoms with Crippen molar-refractivity contribution in [3.05, 3.63) is 64.3 Å². The molecule has 0 aliphatic heterocycles. The average molecular weight is 339 g/mol. The molecular weight excluding hydrogens is 322 g/mol. The molecule has 0 amide bonds. The van der Waals surface area contributed by atoms with Crippen molar-refractivity contribution in [2.45, 2.75) is 0 Å². The van der Waals surface area contributed by atoms with Gasteiger partial charge in [0.2, 0.25) is 4.80 Å². The molecule has 0 spiro atoms. The fourth-order valence-corrected chi connectivity index (χ4v) is 3.12. The second-order valence-electron chi connectivity index (χ2n) is 5.13. The fourth-order valence-electron chi connectivity index (χ4n) is 2.25. The molecule has 2 aromatic carbocycles. The van der Waals surface area contributed by atoms with E-state index in [1.165, 1.54) is 11.3 Å². The minimum absolute atomic E-state index is 0.244. The van der Waals surface area contributed by atoms with Gasteiger partial charge >= 0.3 is 0 Å². The maximum atomic E-state index is 9.62. The number of phenolic OH excluding ortho intramolecular Hbond substituents is 1. The predicted octanol–water partition coefficient (Wildman–Crippen LogP) is 3.40. The van der Waals surface area contributed by atoms with Crippen LogP contribution in [0.1, 0.15) is 5.56 Å². The van der Waals surface area contributed by atoms with Crippen molar-refractivity contribution in [1.82, 2.24) is 4.57 Å². The average Bonchev–Trinajstić information content (AvgIpc) is 2.96. The molecular formula is C18H17N3O2S. The van der Waals surface area contributed by atoms with Gasteiger partial charge in [-0.2, -0.15) is 5.10 Å². The van der Waals surface area contributed by atoms with Crippen LogP contribution in [0.5, 0.6) is 11.5 Å². The third-order valence-electron chi connectivity index (χ3n) is 3.51. The summed E-state index contributed by atoms with van der Waals surface area (Å²) in [5.41, 5.74) is 2.84. The van der Waals surface area contributed by atoms with E-state index < -0.39 is 0 Å². The van der Waals surface area contributed by atoms with Crippen LogP contribution < -0.4 is 9.54 Å². The topological polar surface area (TPSA) is 59.1 Å². The molecule has 0 bridgehead atoms. The molecule has 1 N–H and O–H groups in total. The van der Waals surface area contributed by atoms with E-state index >= 15 is 0 Å². The Morgan fingerprint density at radius 3 is 2.79 bits per heavy atom.